The maximum atomic E-state index is 8.88. The summed E-state index contributed by atoms with van der Waals surface area (Å²) >= 11 is 0. The Hall–Kier alpha value is -1.06. The van der Waals surface area contributed by atoms with Crippen molar-refractivity contribution in [3.63, 3.8) is 0 Å². The summed E-state index contributed by atoms with van der Waals surface area (Å²) < 4.78 is 0. The number of aryl methyl sites for hydroxylation is 1. The van der Waals surface area contributed by atoms with Gasteiger partial charge in [-0.3, -0.25) is 0 Å². The van der Waals surface area contributed by atoms with Crippen molar-refractivity contribution in [2.45, 2.75) is 51.1 Å². The minimum atomic E-state index is 0.265. The normalized spacial score (nSPS) is 20.4. The zero-order valence-corrected chi connectivity index (χ0v) is 11.9. The summed E-state index contributed by atoms with van der Waals surface area (Å²) in [6.07, 6.45) is 5.59. The van der Waals surface area contributed by atoms with E-state index in [2.05, 4.69) is 41.8 Å². The van der Waals surface area contributed by atoms with Gasteiger partial charge in [0.25, 0.3) is 0 Å². The zero-order chi connectivity index (χ0) is 13.5. The van der Waals surface area contributed by atoms with E-state index in [4.69, 9.17) is 5.11 Å². The molecular weight excluding hydrogens is 236 g/mol. The van der Waals surface area contributed by atoms with E-state index in [0.29, 0.717) is 12.1 Å². The second-order valence-electron chi connectivity index (χ2n) is 5.60. The van der Waals surface area contributed by atoms with Crippen LogP contribution in [-0.4, -0.2) is 30.3 Å². The highest BCUT2D eigenvalue weighted by Gasteiger charge is 2.16. The van der Waals surface area contributed by atoms with Crippen LogP contribution in [0.1, 0.15) is 38.2 Å². The molecule has 1 heterocycles. The molecule has 1 saturated heterocycles. The van der Waals surface area contributed by atoms with Gasteiger partial charge in [-0.15, -0.1) is 0 Å². The Kier molecular flexibility index (Phi) is 5.67. The summed E-state index contributed by atoms with van der Waals surface area (Å²) in [5.41, 5.74) is 2.49. The van der Waals surface area contributed by atoms with Gasteiger partial charge in [0.1, 0.15) is 0 Å². The molecule has 1 aliphatic heterocycles. The number of benzene rings is 1. The maximum absolute atomic E-state index is 8.88. The molecular formula is C16H26N2O. The standard InChI is InChI=1S/C16H26N2O/c1-13(11-15-8-3-9-17-15)18-16-7-2-5-14(12-16)6-4-10-19/h2,5,7,12-13,15,17-19H,3-4,6,8-11H2,1H3. The average Bonchev–Trinajstić information content (AvgIpc) is 2.89. The smallest absolute Gasteiger partial charge is 0.0434 e. The summed E-state index contributed by atoms with van der Waals surface area (Å²) in [5, 5.41) is 16.0. The maximum Gasteiger partial charge on any atom is 0.0434 e. The summed E-state index contributed by atoms with van der Waals surface area (Å²) in [6.45, 7) is 3.69. The van der Waals surface area contributed by atoms with Gasteiger partial charge in [-0.2, -0.15) is 0 Å². The molecule has 0 bridgehead atoms. The second kappa shape index (κ2) is 7.51. The van der Waals surface area contributed by atoms with Gasteiger partial charge in [0.05, 0.1) is 0 Å². The topological polar surface area (TPSA) is 44.3 Å². The van der Waals surface area contributed by atoms with E-state index in [1.54, 1.807) is 0 Å². The van der Waals surface area contributed by atoms with Gasteiger partial charge in [-0.05, 0) is 63.3 Å². The van der Waals surface area contributed by atoms with Crippen molar-refractivity contribution < 1.29 is 5.11 Å². The van der Waals surface area contributed by atoms with Crippen LogP contribution in [0.15, 0.2) is 24.3 Å². The minimum absolute atomic E-state index is 0.265. The highest BCUT2D eigenvalue weighted by Crippen LogP contribution is 2.17. The largest absolute Gasteiger partial charge is 0.396 e. The first-order valence-electron chi connectivity index (χ1n) is 7.47. The number of aliphatic hydroxyl groups is 1. The first-order chi connectivity index (χ1) is 9.28. The zero-order valence-electron chi connectivity index (χ0n) is 11.9. The number of rotatable bonds is 7. The van der Waals surface area contributed by atoms with Crippen LogP contribution >= 0.6 is 0 Å². The van der Waals surface area contributed by atoms with E-state index in [1.807, 2.05) is 0 Å². The molecule has 3 heteroatoms. The van der Waals surface area contributed by atoms with Gasteiger partial charge in [0.15, 0.2) is 0 Å². The fourth-order valence-corrected chi connectivity index (χ4v) is 2.83. The molecule has 0 saturated carbocycles. The Morgan fingerprint density at radius 1 is 1.47 bits per heavy atom. The number of nitrogens with one attached hydrogen (secondary N) is 2. The van der Waals surface area contributed by atoms with Gasteiger partial charge >= 0.3 is 0 Å². The third kappa shape index (κ3) is 4.84. The van der Waals surface area contributed by atoms with Crippen LogP contribution < -0.4 is 10.6 Å². The van der Waals surface area contributed by atoms with Crippen LogP contribution in [0.3, 0.4) is 0 Å². The summed E-state index contributed by atoms with van der Waals surface area (Å²) in [5.74, 6) is 0. The molecule has 106 valence electrons. The van der Waals surface area contributed by atoms with Crippen LogP contribution in [0, 0.1) is 0 Å². The molecule has 3 nitrogen and oxygen atoms in total. The molecule has 2 atom stereocenters. The van der Waals surface area contributed by atoms with Crippen molar-refractivity contribution in [3.05, 3.63) is 29.8 Å². The van der Waals surface area contributed by atoms with Crippen molar-refractivity contribution in [1.29, 1.82) is 0 Å². The fraction of sp³-hybridized carbons (Fsp3) is 0.625. The molecule has 1 aliphatic rings. The first kappa shape index (κ1) is 14.4. The molecule has 0 spiro atoms. The van der Waals surface area contributed by atoms with E-state index in [-0.39, 0.29) is 6.61 Å². The highest BCUT2D eigenvalue weighted by atomic mass is 16.2. The predicted octanol–water partition coefficient (Wildman–Crippen LogP) is 2.55. The molecule has 1 aromatic rings. The van der Waals surface area contributed by atoms with Crippen LogP contribution in [0.25, 0.3) is 0 Å². The number of hydrogen-bond donors (Lipinski definition) is 3. The number of aliphatic hydroxyl groups excluding tert-OH is 1. The molecule has 1 fully saturated rings. The predicted molar refractivity (Wildman–Crippen MR) is 80.6 cm³/mol. The van der Waals surface area contributed by atoms with Gasteiger partial charge in [-0.1, -0.05) is 12.1 Å². The Labute approximate surface area is 116 Å². The second-order valence-corrected chi connectivity index (χ2v) is 5.60. The summed E-state index contributed by atoms with van der Waals surface area (Å²) in [7, 11) is 0. The lowest BCUT2D eigenvalue weighted by Gasteiger charge is -2.19. The van der Waals surface area contributed by atoms with E-state index in [9.17, 15) is 0 Å². The molecule has 2 rings (SSSR count). The lowest BCUT2D eigenvalue weighted by molar-refractivity contribution is 0.288. The van der Waals surface area contributed by atoms with Crippen molar-refractivity contribution in [2.75, 3.05) is 18.5 Å². The molecule has 1 aromatic carbocycles. The van der Waals surface area contributed by atoms with E-state index < -0.39 is 0 Å². The van der Waals surface area contributed by atoms with E-state index >= 15 is 0 Å². The first-order valence-corrected chi connectivity index (χ1v) is 7.47. The molecule has 0 aliphatic carbocycles. The van der Waals surface area contributed by atoms with Gasteiger partial charge in [0, 0.05) is 24.4 Å². The highest BCUT2D eigenvalue weighted by molar-refractivity contribution is 5.46. The van der Waals surface area contributed by atoms with Crippen LogP contribution in [0.4, 0.5) is 5.69 Å². The van der Waals surface area contributed by atoms with E-state index in [0.717, 1.165) is 12.8 Å². The lowest BCUT2D eigenvalue weighted by Crippen LogP contribution is -2.29. The Morgan fingerprint density at radius 2 is 2.37 bits per heavy atom. The van der Waals surface area contributed by atoms with Crippen LogP contribution in [-0.2, 0) is 6.42 Å². The number of hydrogen-bond acceptors (Lipinski definition) is 3. The van der Waals surface area contributed by atoms with Gasteiger partial charge < -0.3 is 15.7 Å². The third-order valence-corrected chi connectivity index (χ3v) is 3.76. The minimum Gasteiger partial charge on any atom is -0.396 e. The molecule has 0 aromatic heterocycles. The molecule has 0 amide bonds. The Balaban J connectivity index is 1.83. The lowest BCUT2D eigenvalue weighted by atomic mass is 10.1. The summed E-state index contributed by atoms with van der Waals surface area (Å²) in [6, 6.07) is 9.72. The SMILES string of the molecule is CC(CC1CCCN1)Nc1cccc(CCCO)c1. The number of anilines is 1. The van der Waals surface area contributed by atoms with Crippen molar-refractivity contribution in [2.24, 2.45) is 0 Å². The van der Waals surface area contributed by atoms with E-state index in [1.165, 1.54) is 37.1 Å². The van der Waals surface area contributed by atoms with Crippen LogP contribution in [0.5, 0.6) is 0 Å². The molecule has 0 radical (unpaired) electrons. The van der Waals surface area contributed by atoms with Gasteiger partial charge in [-0.25, -0.2) is 0 Å². The summed E-state index contributed by atoms with van der Waals surface area (Å²) in [4.78, 5) is 0. The van der Waals surface area contributed by atoms with Crippen molar-refractivity contribution >= 4 is 5.69 Å². The quantitative estimate of drug-likeness (QED) is 0.707. The van der Waals surface area contributed by atoms with Crippen molar-refractivity contribution in [1.82, 2.24) is 5.32 Å². The molecule has 2 unspecified atom stereocenters. The molecule has 3 N–H and O–H groups in total. The van der Waals surface area contributed by atoms with Crippen molar-refractivity contribution in [3.8, 4) is 0 Å². The molecule has 19 heavy (non-hydrogen) atoms. The Morgan fingerprint density at radius 3 is 3.11 bits per heavy atom. The monoisotopic (exact) mass is 262 g/mol. The Bertz CT molecular complexity index is 375. The third-order valence-electron chi connectivity index (χ3n) is 3.76. The van der Waals surface area contributed by atoms with Gasteiger partial charge in [0.2, 0.25) is 0 Å². The fourth-order valence-electron chi connectivity index (χ4n) is 2.83. The van der Waals surface area contributed by atoms with Crippen LogP contribution in [0.2, 0.25) is 0 Å². The average molecular weight is 262 g/mol.